The molecule has 1 saturated carbocycles. The molecular weight excluding hydrogens is 605 g/mol. The van der Waals surface area contributed by atoms with E-state index in [2.05, 4.69) is 10.4 Å². The van der Waals surface area contributed by atoms with E-state index in [-0.39, 0.29) is 19.1 Å². The van der Waals surface area contributed by atoms with Crippen LogP contribution >= 0.6 is 34.0 Å². The summed E-state index contributed by atoms with van der Waals surface area (Å²) in [7, 11) is 1.62. The third-order valence-corrected chi connectivity index (χ3v) is 10.5. The van der Waals surface area contributed by atoms with Crippen LogP contribution in [0.25, 0.3) is 36.5 Å². The first-order chi connectivity index (χ1) is 20.9. The van der Waals surface area contributed by atoms with Gasteiger partial charge in [-0.25, -0.2) is 19.5 Å². The molecule has 43 heavy (non-hydrogen) atoms. The number of aliphatic hydroxyl groups is 1. The summed E-state index contributed by atoms with van der Waals surface area (Å²) in [5, 5.41) is 21.9. The van der Waals surface area contributed by atoms with Crippen LogP contribution in [0.3, 0.4) is 0 Å². The van der Waals surface area contributed by atoms with E-state index in [4.69, 9.17) is 24.4 Å². The molecule has 0 bridgehead atoms. The molecule has 0 radical (unpaired) electrons. The number of amides is 1. The number of methoxy groups -OCH3 is 1. The molecule has 1 aliphatic carbocycles. The van der Waals surface area contributed by atoms with Crippen LogP contribution in [0.2, 0.25) is 0 Å². The second-order valence-electron chi connectivity index (χ2n) is 10.6. The zero-order valence-corrected chi connectivity index (χ0v) is 25.9. The molecule has 1 fully saturated rings. The summed E-state index contributed by atoms with van der Waals surface area (Å²) < 4.78 is 14.5. The SMILES string of the molecule is COc1cc(OCc2csc(-c3ccc(C(=O)NC4(CO)CCCC4)cc3)n2)c2sc(-c3cn4nc(C)sc4n3)nc2c1. The summed E-state index contributed by atoms with van der Waals surface area (Å²) in [4.78, 5) is 27.9. The lowest BCUT2D eigenvalue weighted by Gasteiger charge is -2.28. The molecular formula is C30H28N6O4S3. The molecule has 0 aliphatic heterocycles. The number of nitrogens with one attached hydrogen (secondary N) is 1. The maximum Gasteiger partial charge on any atom is 0.251 e. The number of carbonyl (C=O) groups excluding carboxylic acids is 1. The number of aromatic nitrogens is 5. The van der Waals surface area contributed by atoms with E-state index >= 15 is 0 Å². The molecule has 0 saturated heterocycles. The monoisotopic (exact) mass is 632 g/mol. The largest absolute Gasteiger partial charge is 0.497 e. The van der Waals surface area contributed by atoms with E-state index in [0.717, 1.165) is 72.8 Å². The fourth-order valence-electron chi connectivity index (χ4n) is 5.32. The van der Waals surface area contributed by atoms with Gasteiger partial charge in [-0.15, -0.1) is 22.7 Å². The zero-order chi connectivity index (χ0) is 29.6. The minimum absolute atomic E-state index is 0.0348. The number of rotatable bonds is 9. The number of carbonyl (C=O) groups is 1. The Morgan fingerprint density at radius 3 is 2.65 bits per heavy atom. The normalized spacial score (nSPS) is 14.5. The summed E-state index contributed by atoms with van der Waals surface area (Å²) >= 11 is 4.58. The van der Waals surface area contributed by atoms with E-state index in [0.29, 0.717) is 17.1 Å². The van der Waals surface area contributed by atoms with Crippen molar-refractivity contribution in [2.45, 2.75) is 44.8 Å². The Balaban J connectivity index is 1.06. The van der Waals surface area contributed by atoms with Crippen molar-refractivity contribution in [2.24, 2.45) is 0 Å². The topological polar surface area (TPSA) is 124 Å². The third kappa shape index (κ3) is 5.49. The van der Waals surface area contributed by atoms with Gasteiger partial charge in [0.15, 0.2) is 0 Å². The molecule has 0 unspecified atom stereocenters. The standard InChI is InChI=1S/C30H28N6O4S3/c1-17-35-36-13-23(33-29(36)42-17)28-32-22-11-21(39-2)12-24(25(22)43-28)40-14-20-15-41-27(31-20)19-7-5-18(6-8-19)26(38)34-30(16-37)9-3-4-10-30/h5-8,11-13,15,37H,3-4,9-10,14,16H2,1-2H3,(H,34,38). The highest BCUT2D eigenvalue weighted by Crippen LogP contribution is 2.39. The number of imidazole rings is 1. The third-order valence-electron chi connectivity index (χ3n) is 7.59. The lowest BCUT2D eigenvalue weighted by atomic mass is 9.98. The number of aryl methyl sites for hydroxylation is 1. The first-order valence-electron chi connectivity index (χ1n) is 13.8. The molecule has 0 atom stereocenters. The van der Waals surface area contributed by atoms with E-state index in [9.17, 15) is 9.90 Å². The number of ether oxygens (including phenoxy) is 2. The molecule has 2 N–H and O–H groups in total. The van der Waals surface area contributed by atoms with E-state index < -0.39 is 5.54 Å². The zero-order valence-electron chi connectivity index (χ0n) is 23.5. The molecule has 220 valence electrons. The maximum absolute atomic E-state index is 12.8. The number of nitrogens with zero attached hydrogens (tertiary/aromatic N) is 5. The van der Waals surface area contributed by atoms with Crippen molar-refractivity contribution in [3.63, 3.8) is 0 Å². The van der Waals surface area contributed by atoms with Gasteiger partial charge in [0.05, 0.1) is 41.4 Å². The van der Waals surface area contributed by atoms with Crippen molar-refractivity contribution < 1.29 is 19.4 Å². The maximum atomic E-state index is 12.8. The van der Waals surface area contributed by atoms with Crippen LogP contribution in [0.5, 0.6) is 11.5 Å². The summed E-state index contributed by atoms with van der Waals surface area (Å²) in [5.41, 5.74) is 3.33. The Hall–Kier alpha value is -3.91. The van der Waals surface area contributed by atoms with Crippen molar-refractivity contribution in [3.05, 3.63) is 64.2 Å². The lowest BCUT2D eigenvalue weighted by molar-refractivity contribution is 0.0838. The summed E-state index contributed by atoms with van der Waals surface area (Å²) in [6.07, 6.45) is 5.55. The summed E-state index contributed by atoms with van der Waals surface area (Å²) in [6.45, 7) is 2.20. The molecule has 2 aromatic carbocycles. The molecule has 1 amide bonds. The molecule has 7 rings (SSSR count). The average molecular weight is 633 g/mol. The average Bonchev–Trinajstić information content (AvgIpc) is 3.84. The number of hydrogen-bond acceptors (Lipinski definition) is 11. The lowest BCUT2D eigenvalue weighted by Crippen LogP contribution is -2.49. The van der Waals surface area contributed by atoms with Crippen LogP contribution in [-0.2, 0) is 6.61 Å². The highest BCUT2D eigenvalue weighted by Gasteiger charge is 2.34. The highest BCUT2D eigenvalue weighted by molar-refractivity contribution is 7.22. The predicted molar refractivity (Wildman–Crippen MR) is 168 cm³/mol. The quantitative estimate of drug-likeness (QED) is 0.195. The summed E-state index contributed by atoms with van der Waals surface area (Å²) in [5.74, 6) is 1.16. The van der Waals surface area contributed by atoms with Gasteiger partial charge in [0, 0.05) is 28.6 Å². The molecule has 1 aliphatic rings. The number of thiazole rings is 2. The molecule has 6 aromatic rings. The first kappa shape index (κ1) is 27.9. The van der Waals surface area contributed by atoms with Gasteiger partial charge in [0.2, 0.25) is 4.96 Å². The van der Waals surface area contributed by atoms with Crippen molar-refractivity contribution in [1.29, 1.82) is 0 Å². The molecule has 13 heteroatoms. The van der Waals surface area contributed by atoms with Crippen molar-refractivity contribution >= 4 is 55.1 Å². The first-order valence-corrected chi connectivity index (χ1v) is 16.4. The summed E-state index contributed by atoms with van der Waals surface area (Å²) in [6, 6.07) is 11.2. The van der Waals surface area contributed by atoms with Gasteiger partial charge in [0.1, 0.15) is 38.8 Å². The minimum Gasteiger partial charge on any atom is -0.497 e. The van der Waals surface area contributed by atoms with Gasteiger partial charge in [0.25, 0.3) is 5.91 Å². The van der Waals surface area contributed by atoms with Crippen LogP contribution in [0.15, 0.2) is 48.0 Å². The Labute approximate surface area is 259 Å². The van der Waals surface area contributed by atoms with Crippen molar-refractivity contribution in [2.75, 3.05) is 13.7 Å². The van der Waals surface area contributed by atoms with Crippen molar-refractivity contribution in [3.8, 4) is 32.8 Å². The van der Waals surface area contributed by atoms with Crippen molar-refractivity contribution in [1.82, 2.24) is 29.9 Å². The molecule has 0 spiro atoms. The van der Waals surface area contributed by atoms with E-state index in [1.807, 2.05) is 42.8 Å². The second kappa shape index (κ2) is 11.3. The molecule has 10 nitrogen and oxygen atoms in total. The number of benzene rings is 2. The van der Waals surface area contributed by atoms with E-state index in [1.165, 1.54) is 34.0 Å². The van der Waals surface area contributed by atoms with Gasteiger partial charge < -0.3 is 19.9 Å². The highest BCUT2D eigenvalue weighted by atomic mass is 32.1. The number of hydrogen-bond donors (Lipinski definition) is 2. The predicted octanol–water partition coefficient (Wildman–Crippen LogP) is 6.12. The fourth-order valence-corrected chi connectivity index (χ4v) is 7.83. The van der Waals surface area contributed by atoms with Crippen LogP contribution in [0, 0.1) is 6.92 Å². The van der Waals surface area contributed by atoms with E-state index in [1.54, 1.807) is 23.8 Å². The Bertz CT molecular complexity index is 1900. The van der Waals surface area contributed by atoms with Crippen LogP contribution < -0.4 is 14.8 Å². The Morgan fingerprint density at radius 1 is 1.09 bits per heavy atom. The fraction of sp³-hybridized carbons (Fsp3) is 0.300. The number of aliphatic hydroxyl groups excluding tert-OH is 1. The van der Waals surface area contributed by atoms with Gasteiger partial charge in [-0.2, -0.15) is 5.10 Å². The minimum atomic E-state index is -0.498. The van der Waals surface area contributed by atoms with Gasteiger partial charge in [-0.3, -0.25) is 4.79 Å². The second-order valence-corrected chi connectivity index (χ2v) is 13.6. The van der Waals surface area contributed by atoms with Gasteiger partial charge in [-0.1, -0.05) is 36.3 Å². The number of fused-ring (bicyclic) bond motifs is 2. The van der Waals surface area contributed by atoms with Crippen LogP contribution in [0.1, 0.15) is 46.7 Å². The Morgan fingerprint density at radius 2 is 1.91 bits per heavy atom. The molecule has 4 aromatic heterocycles. The van der Waals surface area contributed by atoms with Gasteiger partial charge in [-0.05, 0) is 31.9 Å². The van der Waals surface area contributed by atoms with Gasteiger partial charge >= 0.3 is 0 Å². The van der Waals surface area contributed by atoms with Crippen LogP contribution in [-0.4, -0.2) is 54.8 Å². The smallest absolute Gasteiger partial charge is 0.251 e. The Kier molecular flexibility index (Phi) is 7.33. The van der Waals surface area contributed by atoms with Crippen LogP contribution in [0.4, 0.5) is 0 Å². The molecule has 4 heterocycles.